The average Bonchev–Trinajstić information content (AvgIpc) is 2.77. The van der Waals surface area contributed by atoms with E-state index < -0.39 is 39.2 Å². The van der Waals surface area contributed by atoms with Gasteiger partial charge in [-0.1, -0.05) is 12.1 Å². The highest BCUT2D eigenvalue weighted by Crippen LogP contribution is 2.30. The van der Waals surface area contributed by atoms with E-state index >= 15 is 0 Å². The lowest BCUT2D eigenvalue weighted by Crippen LogP contribution is -2.36. The number of hydrogen-bond donors (Lipinski definition) is 2. The number of rotatable bonds is 8. The first-order valence-electron chi connectivity index (χ1n) is 9.49. The highest BCUT2D eigenvalue weighted by Gasteiger charge is 2.30. The summed E-state index contributed by atoms with van der Waals surface area (Å²) in [4.78, 5) is 20.0. The van der Waals surface area contributed by atoms with E-state index in [1.165, 1.54) is 24.5 Å². The third-order valence-electron chi connectivity index (χ3n) is 4.45. The maximum Gasteiger partial charge on any atom is 0.416 e. The largest absolute Gasteiger partial charge is 0.416 e. The maximum atomic E-state index is 12.9. The number of amides is 1. The number of nitrogens with one attached hydrogen (secondary N) is 2. The molecule has 3 rings (SSSR count). The molecule has 0 spiro atoms. The summed E-state index contributed by atoms with van der Waals surface area (Å²) >= 11 is 0. The first-order valence-corrected chi connectivity index (χ1v) is 11.1. The Labute approximate surface area is 186 Å². The minimum Gasteiger partial charge on any atom is -0.349 e. The minimum absolute atomic E-state index is 0.00137. The fraction of sp³-hybridized carbons (Fsp3) is 0.190. The molecule has 0 atom stereocenters. The Morgan fingerprint density at radius 2 is 1.64 bits per heavy atom. The molecular formula is C21H18F4N4O3S. The van der Waals surface area contributed by atoms with Crippen molar-refractivity contribution < 1.29 is 30.8 Å². The molecule has 1 heterocycles. The quantitative estimate of drug-likeness (QED) is 0.378. The van der Waals surface area contributed by atoms with Crippen LogP contribution in [0.2, 0.25) is 0 Å². The number of alkyl halides is 3. The Morgan fingerprint density at radius 3 is 2.27 bits per heavy atom. The number of hydrogen-bond acceptors (Lipinski definition) is 6. The van der Waals surface area contributed by atoms with Crippen molar-refractivity contribution in [1.29, 1.82) is 0 Å². The number of nitrogens with zero attached hydrogens (tertiary/aromatic N) is 2. The standard InChI is InChI=1S/C21H18F4N4O3S/c22-16-5-7-18(8-6-16)33(31,32)13-26-11-20(30)27-10-17-9-19(29-12-28-17)14-1-3-15(4-2-14)21(23,24)25/h1-9,12,26H,10-11,13H2,(H,27,30). The molecule has 0 radical (unpaired) electrons. The summed E-state index contributed by atoms with van der Waals surface area (Å²) in [5, 5.41) is 5.07. The molecule has 33 heavy (non-hydrogen) atoms. The maximum absolute atomic E-state index is 12.9. The Balaban J connectivity index is 1.52. The molecule has 2 aromatic carbocycles. The lowest BCUT2D eigenvalue weighted by Gasteiger charge is -2.09. The second kappa shape index (κ2) is 10.0. The van der Waals surface area contributed by atoms with Gasteiger partial charge in [0, 0.05) is 5.56 Å². The summed E-state index contributed by atoms with van der Waals surface area (Å²) in [6.07, 6.45) is -3.21. The van der Waals surface area contributed by atoms with Crippen LogP contribution >= 0.6 is 0 Å². The summed E-state index contributed by atoms with van der Waals surface area (Å²) < 4.78 is 75.3. The van der Waals surface area contributed by atoms with Crippen molar-refractivity contribution in [2.24, 2.45) is 0 Å². The molecule has 0 saturated carbocycles. The van der Waals surface area contributed by atoms with Crippen molar-refractivity contribution >= 4 is 15.7 Å². The van der Waals surface area contributed by atoms with E-state index in [1.54, 1.807) is 0 Å². The van der Waals surface area contributed by atoms with Crippen LogP contribution < -0.4 is 10.6 Å². The van der Waals surface area contributed by atoms with Crippen LogP contribution in [0.5, 0.6) is 0 Å². The molecule has 3 aromatic rings. The SMILES string of the molecule is O=C(CNCS(=O)(=O)c1ccc(F)cc1)NCc1cc(-c2ccc(C(F)(F)F)cc2)ncn1. The van der Waals surface area contributed by atoms with E-state index in [9.17, 15) is 30.8 Å². The van der Waals surface area contributed by atoms with Crippen LogP contribution in [0.25, 0.3) is 11.3 Å². The molecular weight excluding hydrogens is 464 g/mol. The van der Waals surface area contributed by atoms with Crippen LogP contribution in [-0.4, -0.2) is 36.7 Å². The Kier molecular flexibility index (Phi) is 7.39. The van der Waals surface area contributed by atoms with Crippen molar-refractivity contribution in [2.75, 3.05) is 12.4 Å². The Hall–Kier alpha value is -3.38. The summed E-state index contributed by atoms with van der Waals surface area (Å²) in [5.41, 5.74) is 0.464. The van der Waals surface area contributed by atoms with Gasteiger partial charge in [0.05, 0.1) is 34.9 Å². The van der Waals surface area contributed by atoms with Gasteiger partial charge in [-0.3, -0.25) is 10.1 Å². The third kappa shape index (κ3) is 6.80. The molecule has 0 bridgehead atoms. The molecule has 0 aliphatic heterocycles. The van der Waals surface area contributed by atoms with Crippen LogP contribution in [0.4, 0.5) is 17.6 Å². The molecule has 1 amide bonds. The summed E-state index contributed by atoms with van der Waals surface area (Å²) in [6, 6.07) is 10.3. The average molecular weight is 482 g/mol. The van der Waals surface area contributed by atoms with E-state index in [4.69, 9.17) is 0 Å². The van der Waals surface area contributed by atoms with E-state index in [0.717, 1.165) is 36.4 Å². The lowest BCUT2D eigenvalue weighted by atomic mass is 10.1. The molecule has 0 saturated heterocycles. The molecule has 0 aliphatic carbocycles. The van der Waals surface area contributed by atoms with Crippen LogP contribution in [-0.2, 0) is 27.4 Å². The second-order valence-electron chi connectivity index (χ2n) is 6.89. The molecule has 2 N–H and O–H groups in total. The Morgan fingerprint density at radius 1 is 0.970 bits per heavy atom. The van der Waals surface area contributed by atoms with E-state index in [0.29, 0.717) is 17.0 Å². The smallest absolute Gasteiger partial charge is 0.349 e. The van der Waals surface area contributed by atoms with Gasteiger partial charge in [0.25, 0.3) is 0 Å². The van der Waals surface area contributed by atoms with Crippen molar-refractivity contribution in [3.8, 4) is 11.3 Å². The first kappa shape index (κ1) is 24.3. The van der Waals surface area contributed by atoms with Crippen molar-refractivity contribution in [3.05, 3.63) is 78.0 Å². The van der Waals surface area contributed by atoms with Gasteiger partial charge in [-0.15, -0.1) is 0 Å². The number of aromatic nitrogens is 2. The number of halogens is 4. The van der Waals surface area contributed by atoms with Crippen LogP contribution in [0.15, 0.2) is 65.8 Å². The van der Waals surface area contributed by atoms with Gasteiger partial charge in [0.1, 0.15) is 18.0 Å². The van der Waals surface area contributed by atoms with Gasteiger partial charge in [0.2, 0.25) is 5.91 Å². The topological polar surface area (TPSA) is 101 Å². The second-order valence-corrected chi connectivity index (χ2v) is 8.88. The van der Waals surface area contributed by atoms with E-state index in [1.807, 2.05) is 0 Å². The molecule has 12 heteroatoms. The van der Waals surface area contributed by atoms with Gasteiger partial charge < -0.3 is 5.32 Å². The number of sulfone groups is 1. The first-order chi connectivity index (χ1) is 15.5. The van der Waals surface area contributed by atoms with Crippen LogP contribution in [0.3, 0.4) is 0 Å². The highest BCUT2D eigenvalue weighted by atomic mass is 32.2. The highest BCUT2D eigenvalue weighted by molar-refractivity contribution is 7.91. The molecule has 0 unspecified atom stereocenters. The zero-order valence-corrected chi connectivity index (χ0v) is 17.8. The predicted octanol–water partition coefficient (Wildman–Crippen LogP) is 2.94. The molecule has 0 fully saturated rings. The van der Waals surface area contributed by atoms with Crippen molar-refractivity contribution in [2.45, 2.75) is 17.6 Å². The number of benzene rings is 2. The zero-order valence-electron chi connectivity index (χ0n) is 16.9. The predicted molar refractivity (Wildman–Crippen MR) is 111 cm³/mol. The fourth-order valence-corrected chi connectivity index (χ4v) is 3.85. The van der Waals surface area contributed by atoms with Gasteiger partial charge in [-0.2, -0.15) is 13.2 Å². The lowest BCUT2D eigenvalue weighted by molar-refractivity contribution is -0.137. The van der Waals surface area contributed by atoms with Crippen LogP contribution in [0.1, 0.15) is 11.3 Å². The summed E-state index contributed by atoms with van der Waals surface area (Å²) in [7, 11) is -3.74. The third-order valence-corrected chi connectivity index (χ3v) is 6.02. The Bertz CT molecular complexity index is 1220. The van der Waals surface area contributed by atoms with Crippen molar-refractivity contribution in [3.63, 3.8) is 0 Å². The van der Waals surface area contributed by atoms with Gasteiger partial charge in [-0.05, 0) is 42.5 Å². The molecule has 0 aliphatic rings. The van der Waals surface area contributed by atoms with E-state index in [2.05, 4.69) is 20.6 Å². The van der Waals surface area contributed by atoms with Crippen molar-refractivity contribution in [1.82, 2.24) is 20.6 Å². The van der Waals surface area contributed by atoms with E-state index in [-0.39, 0.29) is 18.0 Å². The summed E-state index contributed by atoms with van der Waals surface area (Å²) in [6.45, 7) is -0.293. The zero-order chi connectivity index (χ0) is 24.1. The minimum atomic E-state index is -4.44. The molecule has 1 aromatic heterocycles. The number of carbonyl (C=O) groups excluding carboxylic acids is 1. The van der Waals surface area contributed by atoms with Crippen LogP contribution in [0, 0.1) is 5.82 Å². The monoisotopic (exact) mass is 482 g/mol. The summed E-state index contributed by atoms with van der Waals surface area (Å²) in [5.74, 6) is -1.58. The molecule has 7 nitrogen and oxygen atoms in total. The number of carbonyl (C=O) groups is 1. The van der Waals surface area contributed by atoms with Gasteiger partial charge in [-0.25, -0.2) is 22.8 Å². The van der Waals surface area contributed by atoms with Gasteiger partial charge >= 0.3 is 6.18 Å². The molecule has 174 valence electrons. The normalized spacial score (nSPS) is 11.9. The fourth-order valence-electron chi connectivity index (χ4n) is 2.76. The van der Waals surface area contributed by atoms with Gasteiger partial charge in [0.15, 0.2) is 9.84 Å².